The number of benzene rings is 1. The van der Waals surface area contributed by atoms with Crippen LogP contribution < -0.4 is 14.8 Å². The van der Waals surface area contributed by atoms with Gasteiger partial charge in [-0.1, -0.05) is 32.3 Å². The standard InChI is InChI=1S/C15H21NO3/c1-2-3-4-5-6-15(17)16-10-12-7-8-13-14(9-12)19-11-18-13/h7-9H,2-6,10-11H2,1H3,(H,16,17). The van der Waals surface area contributed by atoms with Gasteiger partial charge < -0.3 is 14.8 Å². The summed E-state index contributed by atoms with van der Waals surface area (Å²) < 4.78 is 10.5. The Morgan fingerprint density at radius 1 is 1.21 bits per heavy atom. The topological polar surface area (TPSA) is 47.6 Å². The van der Waals surface area contributed by atoms with Crippen LogP contribution in [0.3, 0.4) is 0 Å². The van der Waals surface area contributed by atoms with E-state index < -0.39 is 0 Å². The van der Waals surface area contributed by atoms with Gasteiger partial charge in [-0.2, -0.15) is 0 Å². The van der Waals surface area contributed by atoms with E-state index in [1.165, 1.54) is 12.8 Å². The van der Waals surface area contributed by atoms with Crippen molar-refractivity contribution in [2.24, 2.45) is 0 Å². The van der Waals surface area contributed by atoms with Crippen molar-refractivity contribution in [3.8, 4) is 11.5 Å². The summed E-state index contributed by atoms with van der Waals surface area (Å²) in [7, 11) is 0. The molecule has 1 aromatic rings. The maximum Gasteiger partial charge on any atom is 0.231 e. The van der Waals surface area contributed by atoms with E-state index in [2.05, 4.69) is 12.2 Å². The van der Waals surface area contributed by atoms with Gasteiger partial charge in [0.2, 0.25) is 12.7 Å². The van der Waals surface area contributed by atoms with Crippen LogP contribution in [-0.2, 0) is 11.3 Å². The molecule has 0 saturated heterocycles. The molecule has 1 heterocycles. The Labute approximate surface area is 114 Å². The molecule has 0 atom stereocenters. The molecule has 104 valence electrons. The molecule has 2 rings (SSSR count). The van der Waals surface area contributed by atoms with Gasteiger partial charge in [0.05, 0.1) is 0 Å². The first-order valence-electron chi connectivity index (χ1n) is 6.95. The fourth-order valence-corrected chi connectivity index (χ4v) is 2.05. The molecule has 4 heteroatoms. The van der Waals surface area contributed by atoms with Crippen molar-refractivity contribution in [1.82, 2.24) is 5.32 Å². The van der Waals surface area contributed by atoms with E-state index in [0.29, 0.717) is 13.0 Å². The second kappa shape index (κ2) is 7.02. The number of carbonyl (C=O) groups is 1. The molecule has 0 bridgehead atoms. The molecule has 1 aromatic carbocycles. The fourth-order valence-electron chi connectivity index (χ4n) is 2.05. The van der Waals surface area contributed by atoms with Gasteiger partial charge >= 0.3 is 0 Å². The number of nitrogens with one attached hydrogen (secondary N) is 1. The molecule has 0 radical (unpaired) electrons. The summed E-state index contributed by atoms with van der Waals surface area (Å²) in [5.74, 6) is 1.65. The number of carbonyl (C=O) groups excluding carboxylic acids is 1. The van der Waals surface area contributed by atoms with Crippen molar-refractivity contribution < 1.29 is 14.3 Å². The van der Waals surface area contributed by atoms with Gasteiger partial charge in [0.1, 0.15) is 0 Å². The van der Waals surface area contributed by atoms with Crippen molar-refractivity contribution in [2.75, 3.05) is 6.79 Å². The first-order chi connectivity index (χ1) is 9.29. The number of rotatable bonds is 7. The summed E-state index contributed by atoms with van der Waals surface area (Å²) in [6, 6.07) is 5.75. The first kappa shape index (κ1) is 13.7. The predicted molar refractivity (Wildman–Crippen MR) is 73.2 cm³/mol. The van der Waals surface area contributed by atoms with Crippen molar-refractivity contribution in [2.45, 2.75) is 45.6 Å². The van der Waals surface area contributed by atoms with Crippen molar-refractivity contribution in [3.05, 3.63) is 23.8 Å². The average Bonchev–Trinajstić information content (AvgIpc) is 2.89. The molecular formula is C15H21NO3. The lowest BCUT2D eigenvalue weighted by molar-refractivity contribution is -0.121. The van der Waals surface area contributed by atoms with Gasteiger partial charge in [-0.05, 0) is 24.1 Å². The van der Waals surface area contributed by atoms with Gasteiger partial charge in [-0.25, -0.2) is 0 Å². The Bertz CT molecular complexity index is 431. The van der Waals surface area contributed by atoms with Crippen LogP contribution in [-0.4, -0.2) is 12.7 Å². The van der Waals surface area contributed by atoms with E-state index >= 15 is 0 Å². The normalized spacial score (nSPS) is 12.5. The highest BCUT2D eigenvalue weighted by molar-refractivity contribution is 5.75. The van der Waals surface area contributed by atoms with Gasteiger partial charge in [0.15, 0.2) is 11.5 Å². The van der Waals surface area contributed by atoms with Crippen molar-refractivity contribution in [3.63, 3.8) is 0 Å². The van der Waals surface area contributed by atoms with E-state index in [1.807, 2.05) is 18.2 Å². The minimum Gasteiger partial charge on any atom is -0.454 e. The van der Waals surface area contributed by atoms with Crippen LogP contribution in [0.15, 0.2) is 18.2 Å². The summed E-state index contributed by atoms with van der Waals surface area (Å²) >= 11 is 0. The van der Waals surface area contributed by atoms with Crippen molar-refractivity contribution in [1.29, 1.82) is 0 Å². The Balaban J connectivity index is 1.71. The molecule has 1 amide bonds. The molecule has 0 aromatic heterocycles. The lowest BCUT2D eigenvalue weighted by Gasteiger charge is -2.06. The number of hydrogen-bond acceptors (Lipinski definition) is 3. The first-order valence-corrected chi connectivity index (χ1v) is 6.95. The van der Waals surface area contributed by atoms with E-state index in [0.717, 1.165) is 29.9 Å². The van der Waals surface area contributed by atoms with Crippen LogP contribution in [0.4, 0.5) is 0 Å². The highest BCUT2D eigenvalue weighted by Crippen LogP contribution is 2.32. The average molecular weight is 263 g/mol. The molecule has 1 aliphatic heterocycles. The molecule has 1 aliphatic rings. The summed E-state index contributed by atoms with van der Waals surface area (Å²) in [5, 5.41) is 2.93. The Morgan fingerprint density at radius 2 is 2.05 bits per heavy atom. The van der Waals surface area contributed by atoms with E-state index in [-0.39, 0.29) is 12.7 Å². The highest BCUT2D eigenvalue weighted by atomic mass is 16.7. The Morgan fingerprint density at radius 3 is 2.89 bits per heavy atom. The van der Waals surface area contributed by atoms with Gasteiger partial charge in [-0.3, -0.25) is 4.79 Å². The molecular weight excluding hydrogens is 242 g/mol. The minimum absolute atomic E-state index is 0.119. The molecule has 0 spiro atoms. The lowest BCUT2D eigenvalue weighted by Crippen LogP contribution is -2.22. The van der Waals surface area contributed by atoms with E-state index in [1.54, 1.807) is 0 Å². The Hall–Kier alpha value is -1.71. The molecule has 19 heavy (non-hydrogen) atoms. The highest BCUT2D eigenvalue weighted by Gasteiger charge is 2.13. The van der Waals surface area contributed by atoms with Gasteiger partial charge in [0, 0.05) is 13.0 Å². The van der Waals surface area contributed by atoms with Crippen LogP contribution in [0.25, 0.3) is 0 Å². The van der Waals surface area contributed by atoms with Crippen molar-refractivity contribution >= 4 is 5.91 Å². The Kier molecular flexibility index (Phi) is 5.07. The summed E-state index contributed by atoms with van der Waals surface area (Å²) in [4.78, 5) is 11.6. The zero-order valence-corrected chi connectivity index (χ0v) is 11.4. The van der Waals surface area contributed by atoms with Crippen LogP contribution in [0.2, 0.25) is 0 Å². The minimum atomic E-state index is 0.119. The largest absolute Gasteiger partial charge is 0.454 e. The van der Waals surface area contributed by atoms with E-state index in [4.69, 9.17) is 9.47 Å². The van der Waals surface area contributed by atoms with Crippen LogP contribution >= 0.6 is 0 Å². The van der Waals surface area contributed by atoms with Crippen LogP contribution in [0.1, 0.15) is 44.6 Å². The van der Waals surface area contributed by atoms with E-state index in [9.17, 15) is 4.79 Å². The number of unbranched alkanes of at least 4 members (excludes halogenated alkanes) is 3. The SMILES string of the molecule is CCCCCCC(=O)NCc1ccc2c(c1)OCO2. The molecule has 0 saturated carbocycles. The zero-order chi connectivity index (χ0) is 13.5. The maximum absolute atomic E-state index is 11.6. The third kappa shape index (κ3) is 4.16. The molecule has 1 N–H and O–H groups in total. The number of amides is 1. The summed E-state index contributed by atoms with van der Waals surface area (Å²) in [6.45, 7) is 2.99. The van der Waals surface area contributed by atoms with Gasteiger partial charge in [-0.15, -0.1) is 0 Å². The quantitative estimate of drug-likeness (QED) is 0.769. The molecule has 0 fully saturated rings. The van der Waals surface area contributed by atoms with Crippen LogP contribution in [0, 0.1) is 0 Å². The summed E-state index contributed by atoms with van der Waals surface area (Å²) in [5.41, 5.74) is 1.03. The fraction of sp³-hybridized carbons (Fsp3) is 0.533. The lowest BCUT2D eigenvalue weighted by atomic mass is 10.1. The molecule has 4 nitrogen and oxygen atoms in total. The maximum atomic E-state index is 11.6. The second-order valence-electron chi connectivity index (χ2n) is 4.78. The smallest absolute Gasteiger partial charge is 0.231 e. The third-order valence-corrected chi connectivity index (χ3v) is 3.18. The monoisotopic (exact) mass is 263 g/mol. The molecule has 0 aliphatic carbocycles. The summed E-state index contributed by atoms with van der Waals surface area (Å²) in [6.07, 6.45) is 5.12. The zero-order valence-electron chi connectivity index (χ0n) is 11.4. The number of ether oxygens (including phenoxy) is 2. The predicted octanol–water partition coefficient (Wildman–Crippen LogP) is 3.00. The number of hydrogen-bond donors (Lipinski definition) is 1. The second-order valence-corrected chi connectivity index (χ2v) is 4.78. The van der Waals surface area contributed by atoms with Gasteiger partial charge in [0.25, 0.3) is 0 Å². The molecule has 0 unspecified atom stereocenters. The number of fused-ring (bicyclic) bond motifs is 1. The van der Waals surface area contributed by atoms with Crippen LogP contribution in [0.5, 0.6) is 11.5 Å². The third-order valence-electron chi connectivity index (χ3n) is 3.18.